The fraction of sp³-hybridized carbons (Fsp3) is 0.882. The zero-order valence-electron chi connectivity index (χ0n) is 14.5. The van der Waals surface area contributed by atoms with Crippen LogP contribution in [0.15, 0.2) is 0 Å². The van der Waals surface area contributed by atoms with Gasteiger partial charge in [-0.25, -0.2) is 0 Å². The Labute approximate surface area is 139 Å². The maximum absolute atomic E-state index is 12.9. The van der Waals surface area contributed by atoms with Gasteiger partial charge in [-0.1, -0.05) is 12.8 Å². The summed E-state index contributed by atoms with van der Waals surface area (Å²) in [5.74, 6) is -0.327. The standard InChI is InChI=1S/C17H31N3O3/c1-19(2)11-9-18-16(22)14-7-3-4-8-15(14)17(23)20-10-5-6-13(20)12-21/h13-15,21H,3-12H2,1-2H3,(H,18,22). The molecule has 2 fully saturated rings. The summed E-state index contributed by atoms with van der Waals surface area (Å²) >= 11 is 0. The quantitative estimate of drug-likeness (QED) is 0.744. The first-order valence-electron chi connectivity index (χ1n) is 8.88. The molecule has 2 amide bonds. The van der Waals surface area contributed by atoms with Crippen molar-refractivity contribution in [3.8, 4) is 0 Å². The van der Waals surface area contributed by atoms with Crippen LogP contribution in [0.1, 0.15) is 38.5 Å². The molecule has 3 unspecified atom stereocenters. The summed E-state index contributed by atoms with van der Waals surface area (Å²) in [6.45, 7) is 2.16. The van der Waals surface area contributed by atoms with Crippen molar-refractivity contribution in [3.05, 3.63) is 0 Å². The van der Waals surface area contributed by atoms with Gasteiger partial charge in [-0.05, 0) is 39.8 Å². The molecule has 2 rings (SSSR count). The van der Waals surface area contributed by atoms with Gasteiger partial charge >= 0.3 is 0 Å². The van der Waals surface area contributed by atoms with E-state index in [4.69, 9.17) is 0 Å². The normalized spacial score (nSPS) is 28.2. The van der Waals surface area contributed by atoms with E-state index in [2.05, 4.69) is 5.32 Å². The van der Waals surface area contributed by atoms with Gasteiger partial charge in [0.05, 0.1) is 12.6 Å². The number of rotatable bonds is 6. The number of hydrogen-bond donors (Lipinski definition) is 2. The first kappa shape index (κ1) is 18.2. The number of hydrogen-bond acceptors (Lipinski definition) is 4. The van der Waals surface area contributed by atoms with Crippen LogP contribution in [0.3, 0.4) is 0 Å². The third-order valence-electron chi connectivity index (χ3n) is 5.15. The van der Waals surface area contributed by atoms with Crippen LogP contribution in [-0.2, 0) is 9.59 Å². The fourth-order valence-electron chi connectivity index (χ4n) is 3.80. The van der Waals surface area contributed by atoms with Crippen molar-refractivity contribution >= 4 is 11.8 Å². The van der Waals surface area contributed by atoms with Crippen LogP contribution in [0.25, 0.3) is 0 Å². The van der Waals surface area contributed by atoms with E-state index in [0.717, 1.165) is 51.6 Å². The third kappa shape index (κ3) is 4.67. The van der Waals surface area contributed by atoms with Gasteiger partial charge in [0.15, 0.2) is 0 Å². The van der Waals surface area contributed by atoms with Crippen LogP contribution in [0.2, 0.25) is 0 Å². The van der Waals surface area contributed by atoms with E-state index in [-0.39, 0.29) is 36.3 Å². The maximum atomic E-state index is 12.9. The molecule has 2 aliphatic rings. The molecular weight excluding hydrogens is 294 g/mol. The number of carbonyl (C=O) groups excluding carboxylic acids is 2. The minimum absolute atomic E-state index is 0.0182. The molecule has 0 radical (unpaired) electrons. The van der Waals surface area contributed by atoms with Crippen molar-refractivity contribution in [2.75, 3.05) is 40.3 Å². The highest BCUT2D eigenvalue weighted by Gasteiger charge is 2.40. The summed E-state index contributed by atoms with van der Waals surface area (Å²) in [6.07, 6.45) is 5.42. The zero-order valence-corrected chi connectivity index (χ0v) is 14.5. The summed E-state index contributed by atoms with van der Waals surface area (Å²) in [5.41, 5.74) is 0. The molecule has 0 aromatic heterocycles. The Morgan fingerprint density at radius 3 is 2.48 bits per heavy atom. The number of amides is 2. The lowest BCUT2D eigenvalue weighted by Crippen LogP contribution is -2.48. The minimum atomic E-state index is -0.213. The molecule has 0 aromatic rings. The average molecular weight is 325 g/mol. The predicted octanol–water partition coefficient (Wildman–Crippen LogP) is 0.454. The number of aliphatic hydroxyl groups excluding tert-OH is 1. The van der Waals surface area contributed by atoms with Gasteiger partial charge in [0, 0.05) is 31.5 Å². The first-order valence-corrected chi connectivity index (χ1v) is 8.88. The van der Waals surface area contributed by atoms with Crippen LogP contribution in [0.4, 0.5) is 0 Å². The van der Waals surface area contributed by atoms with E-state index < -0.39 is 0 Å². The molecule has 2 N–H and O–H groups in total. The van der Waals surface area contributed by atoms with Gasteiger partial charge in [0.1, 0.15) is 0 Å². The zero-order chi connectivity index (χ0) is 16.8. The molecule has 1 saturated carbocycles. The Morgan fingerprint density at radius 2 is 1.83 bits per heavy atom. The van der Waals surface area contributed by atoms with E-state index in [1.54, 1.807) is 0 Å². The SMILES string of the molecule is CN(C)CCNC(=O)C1CCCCC1C(=O)N1CCCC1CO. The van der Waals surface area contributed by atoms with E-state index in [9.17, 15) is 14.7 Å². The lowest BCUT2D eigenvalue weighted by Gasteiger charge is -2.34. The van der Waals surface area contributed by atoms with E-state index >= 15 is 0 Å². The Morgan fingerprint density at radius 1 is 1.13 bits per heavy atom. The van der Waals surface area contributed by atoms with Gasteiger partial charge < -0.3 is 20.2 Å². The molecule has 1 heterocycles. The Balaban J connectivity index is 1.97. The van der Waals surface area contributed by atoms with Gasteiger partial charge in [-0.15, -0.1) is 0 Å². The van der Waals surface area contributed by atoms with E-state index in [1.807, 2.05) is 23.9 Å². The highest BCUT2D eigenvalue weighted by Crippen LogP contribution is 2.33. The lowest BCUT2D eigenvalue weighted by molar-refractivity contribution is -0.144. The van der Waals surface area contributed by atoms with Gasteiger partial charge in [0.25, 0.3) is 0 Å². The van der Waals surface area contributed by atoms with Crippen molar-refractivity contribution in [2.45, 2.75) is 44.6 Å². The highest BCUT2D eigenvalue weighted by atomic mass is 16.3. The fourth-order valence-corrected chi connectivity index (χ4v) is 3.80. The molecule has 132 valence electrons. The maximum Gasteiger partial charge on any atom is 0.226 e. The molecule has 0 aromatic carbocycles. The summed E-state index contributed by atoms with van der Waals surface area (Å²) in [6, 6.07) is -0.0538. The van der Waals surface area contributed by atoms with Crippen molar-refractivity contribution < 1.29 is 14.7 Å². The highest BCUT2D eigenvalue weighted by molar-refractivity contribution is 5.88. The third-order valence-corrected chi connectivity index (χ3v) is 5.15. The Kier molecular flexibility index (Phi) is 6.84. The number of aliphatic hydroxyl groups is 1. The second-order valence-corrected chi connectivity index (χ2v) is 7.10. The monoisotopic (exact) mass is 325 g/mol. The Hall–Kier alpha value is -1.14. The molecular formula is C17H31N3O3. The second-order valence-electron chi connectivity index (χ2n) is 7.10. The molecule has 1 aliphatic carbocycles. The van der Waals surface area contributed by atoms with E-state index in [0.29, 0.717) is 6.54 Å². The molecule has 23 heavy (non-hydrogen) atoms. The van der Waals surface area contributed by atoms with Crippen molar-refractivity contribution in [1.29, 1.82) is 0 Å². The lowest BCUT2D eigenvalue weighted by atomic mass is 9.77. The molecule has 0 spiro atoms. The van der Waals surface area contributed by atoms with Crippen LogP contribution in [0, 0.1) is 11.8 Å². The molecule has 1 aliphatic heterocycles. The topological polar surface area (TPSA) is 72.9 Å². The predicted molar refractivity (Wildman–Crippen MR) is 88.8 cm³/mol. The van der Waals surface area contributed by atoms with Gasteiger partial charge in [-0.3, -0.25) is 9.59 Å². The second kappa shape index (κ2) is 8.64. The molecule has 0 bridgehead atoms. The van der Waals surface area contributed by atoms with Crippen LogP contribution < -0.4 is 5.32 Å². The van der Waals surface area contributed by atoms with Gasteiger partial charge in [-0.2, -0.15) is 0 Å². The van der Waals surface area contributed by atoms with Crippen LogP contribution in [0.5, 0.6) is 0 Å². The summed E-state index contributed by atoms with van der Waals surface area (Å²) in [5, 5.41) is 12.4. The van der Waals surface area contributed by atoms with Crippen LogP contribution in [-0.4, -0.2) is 73.1 Å². The van der Waals surface area contributed by atoms with Crippen molar-refractivity contribution in [1.82, 2.24) is 15.1 Å². The van der Waals surface area contributed by atoms with E-state index in [1.165, 1.54) is 0 Å². The summed E-state index contributed by atoms with van der Waals surface area (Å²) in [7, 11) is 3.95. The number of likely N-dealkylation sites (N-methyl/N-ethyl adjacent to an activating group) is 1. The minimum Gasteiger partial charge on any atom is -0.394 e. The Bertz CT molecular complexity index is 414. The first-order chi connectivity index (χ1) is 11.0. The van der Waals surface area contributed by atoms with Crippen LogP contribution >= 0.6 is 0 Å². The number of nitrogens with one attached hydrogen (secondary N) is 1. The van der Waals surface area contributed by atoms with Gasteiger partial charge in [0.2, 0.25) is 11.8 Å². The van der Waals surface area contributed by atoms with Crippen molar-refractivity contribution in [3.63, 3.8) is 0 Å². The van der Waals surface area contributed by atoms with Crippen molar-refractivity contribution in [2.24, 2.45) is 11.8 Å². The molecule has 1 saturated heterocycles. The largest absolute Gasteiger partial charge is 0.394 e. The number of carbonyl (C=O) groups is 2. The summed E-state index contributed by atoms with van der Waals surface area (Å²) < 4.78 is 0. The number of nitrogens with zero attached hydrogens (tertiary/aromatic N) is 2. The summed E-state index contributed by atoms with van der Waals surface area (Å²) in [4.78, 5) is 29.2. The molecule has 6 nitrogen and oxygen atoms in total. The molecule has 3 atom stereocenters. The smallest absolute Gasteiger partial charge is 0.226 e. The molecule has 6 heteroatoms. The number of likely N-dealkylation sites (tertiary alicyclic amines) is 1. The average Bonchev–Trinajstić information content (AvgIpc) is 3.02.